The fourth-order valence-corrected chi connectivity index (χ4v) is 1.12. The minimum Gasteiger partial charge on any atom is -0.462 e. The second kappa shape index (κ2) is 5.51. The Kier molecular flexibility index (Phi) is 4.31. The van der Waals surface area contributed by atoms with Crippen molar-refractivity contribution >= 4 is 5.97 Å². The van der Waals surface area contributed by atoms with Crippen molar-refractivity contribution in [2.45, 2.75) is 20.5 Å². The van der Waals surface area contributed by atoms with Gasteiger partial charge in [-0.2, -0.15) is 0 Å². The summed E-state index contributed by atoms with van der Waals surface area (Å²) in [6.45, 7) is 4.32. The van der Waals surface area contributed by atoms with Crippen LogP contribution < -0.4 is 0 Å². The lowest BCUT2D eigenvalue weighted by Crippen LogP contribution is -2.10. The summed E-state index contributed by atoms with van der Waals surface area (Å²) in [5, 5.41) is 8.91. The van der Waals surface area contributed by atoms with Crippen molar-refractivity contribution in [1.29, 1.82) is 0 Å². The zero-order chi connectivity index (χ0) is 11.3. The molecule has 1 aromatic carbocycles. The van der Waals surface area contributed by atoms with E-state index in [0.717, 1.165) is 0 Å². The lowest BCUT2D eigenvalue weighted by atomic mass is 10.1. The monoisotopic (exact) mass is 208 g/mol. The van der Waals surface area contributed by atoms with E-state index < -0.39 is 0 Å². The standard InChI is InChI=1S/C12H16O3/c1-9(2)8-15-12(14)11-5-3-4-10(6-11)7-13/h3-6,9,13H,7-8H2,1-2H3. The number of aliphatic hydroxyl groups is 1. The van der Waals surface area contributed by atoms with Crippen LogP contribution in [-0.2, 0) is 11.3 Å². The molecule has 0 bridgehead atoms. The Morgan fingerprint density at radius 3 is 2.80 bits per heavy atom. The highest BCUT2D eigenvalue weighted by Crippen LogP contribution is 2.07. The molecule has 0 saturated carbocycles. The van der Waals surface area contributed by atoms with Crippen LogP contribution >= 0.6 is 0 Å². The number of hydrogen-bond acceptors (Lipinski definition) is 3. The van der Waals surface area contributed by atoms with Gasteiger partial charge in [-0.1, -0.05) is 26.0 Å². The van der Waals surface area contributed by atoms with Gasteiger partial charge in [0.25, 0.3) is 0 Å². The molecule has 0 fully saturated rings. The Morgan fingerprint density at radius 2 is 2.20 bits per heavy atom. The second-order valence-electron chi connectivity index (χ2n) is 3.85. The third-order valence-corrected chi connectivity index (χ3v) is 1.89. The molecule has 0 unspecified atom stereocenters. The smallest absolute Gasteiger partial charge is 0.338 e. The molecule has 0 aliphatic heterocycles. The maximum absolute atomic E-state index is 11.5. The first kappa shape index (κ1) is 11.7. The summed E-state index contributed by atoms with van der Waals surface area (Å²) in [6.07, 6.45) is 0. The van der Waals surface area contributed by atoms with Gasteiger partial charge in [-0.3, -0.25) is 0 Å². The lowest BCUT2D eigenvalue weighted by molar-refractivity contribution is 0.0459. The first-order chi connectivity index (χ1) is 7.13. The van der Waals surface area contributed by atoms with Gasteiger partial charge in [-0.05, 0) is 23.6 Å². The number of rotatable bonds is 4. The van der Waals surface area contributed by atoms with Crippen LogP contribution in [0.25, 0.3) is 0 Å². The van der Waals surface area contributed by atoms with E-state index in [0.29, 0.717) is 23.7 Å². The molecular formula is C12H16O3. The number of ether oxygens (including phenoxy) is 1. The fraction of sp³-hybridized carbons (Fsp3) is 0.417. The van der Waals surface area contributed by atoms with Gasteiger partial charge in [0.05, 0.1) is 18.8 Å². The van der Waals surface area contributed by atoms with E-state index in [9.17, 15) is 4.79 Å². The Bertz CT molecular complexity index is 331. The van der Waals surface area contributed by atoms with E-state index in [2.05, 4.69) is 0 Å². The third-order valence-electron chi connectivity index (χ3n) is 1.89. The van der Waals surface area contributed by atoms with Crippen molar-refractivity contribution in [3.8, 4) is 0 Å². The fourth-order valence-electron chi connectivity index (χ4n) is 1.12. The molecule has 0 amide bonds. The van der Waals surface area contributed by atoms with E-state index in [1.807, 2.05) is 13.8 Å². The number of aliphatic hydroxyl groups excluding tert-OH is 1. The zero-order valence-electron chi connectivity index (χ0n) is 9.06. The maximum Gasteiger partial charge on any atom is 0.338 e. The minimum absolute atomic E-state index is 0.0642. The first-order valence-corrected chi connectivity index (χ1v) is 5.00. The predicted molar refractivity (Wildman–Crippen MR) is 57.5 cm³/mol. The summed E-state index contributed by atoms with van der Waals surface area (Å²) in [5.41, 5.74) is 1.20. The molecular weight excluding hydrogens is 192 g/mol. The third kappa shape index (κ3) is 3.72. The van der Waals surface area contributed by atoms with E-state index in [1.54, 1.807) is 24.3 Å². The van der Waals surface area contributed by atoms with Crippen LogP contribution in [-0.4, -0.2) is 17.7 Å². The summed E-state index contributed by atoms with van der Waals surface area (Å²) in [7, 11) is 0. The van der Waals surface area contributed by atoms with Gasteiger partial charge in [0.2, 0.25) is 0 Å². The molecule has 3 heteroatoms. The Morgan fingerprint density at radius 1 is 1.47 bits per heavy atom. The van der Waals surface area contributed by atoms with Crippen LogP contribution in [0, 0.1) is 5.92 Å². The normalized spacial score (nSPS) is 10.4. The van der Waals surface area contributed by atoms with Crippen LogP contribution in [0.3, 0.4) is 0 Å². The molecule has 3 nitrogen and oxygen atoms in total. The highest BCUT2D eigenvalue weighted by atomic mass is 16.5. The molecule has 0 spiro atoms. The molecule has 1 N–H and O–H groups in total. The van der Waals surface area contributed by atoms with Crippen LogP contribution in [0.2, 0.25) is 0 Å². The summed E-state index contributed by atoms with van der Waals surface area (Å²) in [4.78, 5) is 11.5. The van der Waals surface area contributed by atoms with Gasteiger partial charge >= 0.3 is 5.97 Å². The molecule has 0 atom stereocenters. The molecule has 1 rings (SSSR count). The number of hydrogen-bond donors (Lipinski definition) is 1. The van der Waals surface area contributed by atoms with Crippen molar-refractivity contribution in [3.05, 3.63) is 35.4 Å². The van der Waals surface area contributed by atoms with E-state index >= 15 is 0 Å². The first-order valence-electron chi connectivity index (χ1n) is 5.00. The molecule has 0 radical (unpaired) electrons. The van der Waals surface area contributed by atoms with Crippen LogP contribution in [0.15, 0.2) is 24.3 Å². The molecule has 0 aliphatic carbocycles. The largest absolute Gasteiger partial charge is 0.462 e. The van der Waals surface area contributed by atoms with Crippen molar-refractivity contribution < 1.29 is 14.6 Å². The van der Waals surface area contributed by atoms with Gasteiger partial charge < -0.3 is 9.84 Å². The lowest BCUT2D eigenvalue weighted by Gasteiger charge is -2.07. The van der Waals surface area contributed by atoms with Gasteiger partial charge in [-0.25, -0.2) is 4.79 Å². The zero-order valence-corrected chi connectivity index (χ0v) is 9.06. The molecule has 0 aliphatic rings. The van der Waals surface area contributed by atoms with Crippen LogP contribution in [0.5, 0.6) is 0 Å². The Balaban J connectivity index is 2.65. The van der Waals surface area contributed by atoms with Crippen LogP contribution in [0.4, 0.5) is 0 Å². The predicted octanol–water partition coefficient (Wildman–Crippen LogP) is 1.99. The van der Waals surface area contributed by atoms with Gasteiger partial charge in [0, 0.05) is 0 Å². The van der Waals surface area contributed by atoms with E-state index in [1.165, 1.54) is 0 Å². The quantitative estimate of drug-likeness (QED) is 0.770. The molecule has 0 heterocycles. The summed E-state index contributed by atoms with van der Waals surface area (Å²) in [5.74, 6) is -0.00558. The van der Waals surface area contributed by atoms with Crippen molar-refractivity contribution in [1.82, 2.24) is 0 Å². The van der Waals surface area contributed by atoms with E-state index in [-0.39, 0.29) is 12.6 Å². The molecule has 0 saturated heterocycles. The Hall–Kier alpha value is -1.35. The maximum atomic E-state index is 11.5. The topological polar surface area (TPSA) is 46.5 Å². The van der Waals surface area contributed by atoms with Gasteiger partial charge in [0.1, 0.15) is 0 Å². The second-order valence-corrected chi connectivity index (χ2v) is 3.85. The summed E-state index contributed by atoms with van der Waals surface area (Å²) >= 11 is 0. The highest BCUT2D eigenvalue weighted by molar-refractivity contribution is 5.89. The average molecular weight is 208 g/mol. The van der Waals surface area contributed by atoms with Gasteiger partial charge in [0.15, 0.2) is 0 Å². The Labute approximate surface area is 89.7 Å². The number of esters is 1. The van der Waals surface area contributed by atoms with Gasteiger partial charge in [-0.15, -0.1) is 0 Å². The van der Waals surface area contributed by atoms with Crippen molar-refractivity contribution in [3.63, 3.8) is 0 Å². The number of carbonyl (C=O) groups excluding carboxylic acids is 1. The minimum atomic E-state index is -0.334. The molecule has 0 aromatic heterocycles. The number of benzene rings is 1. The molecule has 15 heavy (non-hydrogen) atoms. The number of carbonyl (C=O) groups is 1. The SMILES string of the molecule is CC(C)COC(=O)c1cccc(CO)c1. The summed E-state index contributed by atoms with van der Waals surface area (Å²) < 4.78 is 5.07. The highest BCUT2D eigenvalue weighted by Gasteiger charge is 2.08. The van der Waals surface area contributed by atoms with Crippen molar-refractivity contribution in [2.75, 3.05) is 6.61 Å². The molecule has 1 aromatic rings. The average Bonchev–Trinajstić information content (AvgIpc) is 2.26. The van der Waals surface area contributed by atoms with Crippen molar-refractivity contribution in [2.24, 2.45) is 5.92 Å². The summed E-state index contributed by atoms with van der Waals surface area (Å²) in [6, 6.07) is 6.82. The van der Waals surface area contributed by atoms with Crippen LogP contribution in [0.1, 0.15) is 29.8 Å². The molecule has 82 valence electrons. The van der Waals surface area contributed by atoms with E-state index in [4.69, 9.17) is 9.84 Å².